The summed E-state index contributed by atoms with van der Waals surface area (Å²) < 4.78 is 0. The fraction of sp³-hybridized carbons (Fsp3) is 0.167. The van der Waals surface area contributed by atoms with Crippen LogP contribution in [-0.4, -0.2) is 22.8 Å². The van der Waals surface area contributed by atoms with Gasteiger partial charge in [0.05, 0.1) is 17.0 Å². The molecule has 5 heteroatoms. The molecular formula is C18H15NO4. The second kappa shape index (κ2) is 6.04. The lowest BCUT2D eigenvalue weighted by atomic mass is 10.0. The van der Waals surface area contributed by atoms with Crippen molar-refractivity contribution in [2.45, 2.75) is 13.3 Å². The van der Waals surface area contributed by atoms with Gasteiger partial charge >= 0.3 is 5.97 Å². The van der Waals surface area contributed by atoms with E-state index in [2.05, 4.69) is 0 Å². The maximum Gasteiger partial charge on any atom is 0.336 e. The molecule has 0 N–H and O–H groups in total. The molecule has 1 aliphatic heterocycles. The van der Waals surface area contributed by atoms with Crippen LogP contribution in [0.3, 0.4) is 0 Å². The number of benzene rings is 2. The fourth-order valence-electron chi connectivity index (χ4n) is 2.48. The summed E-state index contributed by atoms with van der Waals surface area (Å²) in [5.74, 6) is -2.29. The standard InChI is InChI=1S/C18H15NO4/c1-12(11-13-7-3-2-4-8-13)18(22)23-19-16(20)14-9-5-6-10-15(14)17(19)21/h2-10,12H,11H2,1H3/t12-/m0/s1. The van der Waals surface area contributed by atoms with E-state index in [-0.39, 0.29) is 11.1 Å². The molecule has 0 spiro atoms. The van der Waals surface area contributed by atoms with Crippen molar-refractivity contribution in [2.75, 3.05) is 0 Å². The van der Waals surface area contributed by atoms with Crippen LogP contribution >= 0.6 is 0 Å². The second-order valence-electron chi connectivity index (χ2n) is 5.45. The zero-order valence-electron chi connectivity index (χ0n) is 12.6. The van der Waals surface area contributed by atoms with Gasteiger partial charge in [-0.2, -0.15) is 0 Å². The van der Waals surface area contributed by atoms with E-state index in [0.29, 0.717) is 11.5 Å². The highest BCUT2D eigenvalue weighted by molar-refractivity contribution is 6.20. The quantitative estimate of drug-likeness (QED) is 0.814. The van der Waals surface area contributed by atoms with Gasteiger partial charge in [0.1, 0.15) is 0 Å². The van der Waals surface area contributed by atoms with E-state index < -0.39 is 23.7 Å². The molecule has 116 valence electrons. The third-order valence-electron chi connectivity index (χ3n) is 3.73. The zero-order valence-corrected chi connectivity index (χ0v) is 12.6. The summed E-state index contributed by atoms with van der Waals surface area (Å²) in [6.07, 6.45) is 0.475. The second-order valence-corrected chi connectivity index (χ2v) is 5.45. The Balaban J connectivity index is 1.69. The SMILES string of the molecule is C[C@@H](Cc1ccccc1)C(=O)ON1C(=O)c2ccccc2C1=O. The molecule has 2 amide bonds. The number of imide groups is 1. The highest BCUT2D eigenvalue weighted by Crippen LogP contribution is 2.23. The first-order valence-corrected chi connectivity index (χ1v) is 7.31. The van der Waals surface area contributed by atoms with E-state index >= 15 is 0 Å². The normalized spacial score (nSPS) is 14.6. The van der Waals surface area contributed by atoms with Gasteiger partial charge in [-0.15, -0.1) is 0 Å². The molecule has 0 radical (unpaired) electrons. The monoisotopic (exact) mass is 309 g/mol. The predicted octanol–water partition coefficient (Wildman–Crippen LogP) is 2.62. The average Bonchev–Trinajstić information content (AvgIpc) is 2.81. The third-order valence-corrected chi connectivity index (χ3v) is 3.73. The summed E-state index contributed by atoms with van der Waals surface area (Å²) in [6, 6.07) is 15.9. The number of carbonyl (C=O) groups excluding carboxylic acids is 3. The van der Waals surface area contributed by atoms with Crippen molar-refractivity contribution in [3.8, 4) is 0 Å². The molecule has 23 heavy (non-hydrogen) atoms. The number of fused-ring (bicyclic) bond motifs is 1. The summed E-state index contributed by atoms with van der Waals surface area (Å²) in [5, 5.41) is 0.550. The first-order chi connectivity index (χ1) is 11.1. The maximum absolute atomic E-state index is 12.2. The Morgan fingerprint density at radius 3 is 2.04 bits per heavy atom. The number of hydrogen-bond acceptors (Lipinski definition) is 4. The summed E-state index contributed by atoms with van der Waals surface area (Å²) in [6.45, 7) is 1.70. The van der Waals surface area contributed by atoms with Gasteiger partial charge in [0.25, 0.3) is 11.8 Å². The number of carbonyl (C=O) groups is 3. The number of hydroxylamine groups is 2. The minimum atomic E-state index is -0.608. The largest absolute Gasteiger partial charge is 0.336 e. The molecule has 1 heterocycles. The lowest BCUT2D eigenvalue weighted by molar-refractivity contribution is -0.173. The van der Waals surface area contributed by atoms with Gasteiger partial charge in [-0.25, -0.2) is 4.79 Å². The average molecular weight is 309 g/mol. The predicted molar refractivity (Wildman–Crippen MR) is 82.3 cm³/mol. The van der Waals surface area contributed by atoms with Crippen LogP contribution in [0.2, 0.25) is 0 Å². The molecule has 0 saturated heterocycles. The van der Waals surface area contributed by atoms with Gasteiger partial charge in [-0.1, -0.05) is 54.5 Å². The van der Waals surface area contributed by atoms with Crippen molar-refractivity contribution >= 4 is 17.8 Å². The highest BCUT2D eigenvalue weighted by Gasteiger charge is 2.39. The summed E-state index contributed by atoms with van der Waals surface area (Å²) in [5.41, 5.74) is 1.49. The maximum atomic E-state index is 12.2. The molecule has 0 bridgehead atoms. The highest BCUT2D eigenvalue weighted by atomic mass is 16.7. The van der Waals surface area contributed by atoms with Crippen LogP contribution in [0.1, 0.15) is 33.2 Å². The van der Waals surface area contributed by atoms with Crippen LogP contribution < -0.4 is 0 Å². The van der Waals surface area contributed by atoms with Crippen LogP contribution in [-0.2, 0) is 16.1 Å². The fourth-order valence-corrected chi connectivity index (χ4v) is 2.48. The molecule has 1 aliphatic rings. The minimum Gasteiger partial charge on any atom is -0.329 e. The topological polar surface area (TPSA) is 63.7 Å². The summed E-state index contributed by atoms with van der Waals surface area (Å²) in [4.78, 5) is 41.5. The van der Waals surface area contributed by atoms with Crippen molar-refractivity contribution < 1.29 is 19.2 Å². The Hall–Kier alpha value is -2.95. The third kappa shape index (κ3) is 2.85. The Kier molecular flexibility index (Phi) is 3.93. The van der Waals surface area contributed by atoms with Gasteiger partial charge in [0.2, 0.25) is 0 Å². The molecule has 1 atom stereocenters. The molecule has 0 saturated carbocycles. The molecule has 3 rings (SSSR count). The lowest BCUT2D eigenvalue weighted by Crippen LogP contribution is -2.35. The summed E-state index contributed by atoms with van der Waals surface area (Å²) >= 11 is 0. The van der Waals surface area contributed by atoms with E-state index in [1.165, 1.54) is 12.1 Å². The van der Waals surface area contributed by atoms with Crippen LogP contribution in [0, 0.1) is 5.92 Å². The number of nitrogens with zero attached hydrogens (tertiary/aromatic N) is 1. The van der Waals surface area contributed by atoms with Crippen molar-refractivity contribution in [3.05, 3.63) is 71.3 Å². The Bertz CT molecular complexity index is 735. The minimum absolute atomic E-state index is 0.251. The van der Waals surface area contributed by atoms with Gasteiger partial charge in [-0.3, -0.25) is 9.59 Å². The van der Waals surface area contributed by atoms with E-state index in [9.17, 15) is 14.4 Å². The molecular weight excluding hydrogens is 294 g/mol. The van der Waals surface area contributed by atoms with E-state index in [1.54, 1.807) is 19.1 Å². The molecule has 2 aromatic rings. The Morgan fingerprint density at radius 1 is 0.957 bits per heavy atom. The van der Waals surface area contributed by atoms with Crippen LogP contribution in [0.4, 0.5) is 0 Å². The Morgan fingerprint density at radius 2 is 1.48 bits per heavy atom. The zero-order chi connectivity index (χ0) is 16.4. The van der Waals surface area contributed by atoms with Gasteiger partial charge in [-0.05, 0) is 24.1 Å². The van der Waals surface area contributed by atoms with Crippen molar-refractivity contribution in [3.63, 3.8) is 0 Å². The number of amides is 2. The summed E-state index contributed by atoms with van der Waals surface area (Å²) in [7, 11) is 0. The van der Waals surface area contributed by atoms with Gasteiger partial charge in [0, 0.05) is 0 Å². The number of hydrogen-bond donors (Lipinski definition) is 0. The number of rotatable bonds is 4. The molecule has 0 fully saturated rings. The molecule has 0 unspecified atom stereocenters. The van der Waals surface area contributed by atoms with Crippen molar-refractivity contribution in [1.82, 2.24) is 5.06 Å². The van der Waals surface area contributed by atoms with E-state index in [4.69, 9.17) is 4.84 Å². The lowest BCUT2D eigenvalue weighted by Gasteiger charge is -2.16. The van der Waals surface area contributed by atoms with Gasteiger partial charge in [0.15, 0.2) is 0 Å². The van der Waals surface area contributed by atoms with Crippen LogP contribution in [0.15, 0.2) is 54.6 Å². The molecule has 0 aromatic heterocycles. The van der Waals surface area contributed by atoms with E-state index in [1.807, 2.05) is 30.3 Å². The van der Waals surface area contributed by atoms with Crippen LogP contribution in [0.25, 0.3) is 0 Å². The Labute approximate surface area is 133 Å². The molecule has 0 aliphatic carbocycles. The van der Waals surface area contributed by atoms with Crippen molar-refractivity contribution in [1.29, 1.82) is 0 Å². The van der Waals surface area contributed by atoms with Gasteiger partial charge < -0.3 is 4.84 Å². The smallest absolute Gasteiger partial charge is 0.329 e. The van der Waals surface area contributed by atoms with E-state index in [0.717, 1.165) is 5.56 Å². The molecule has 2 aromatic carbocycles. The van der Waals surface area contributed by atoms with Crippen molar-refractivity contribution in [2.24, 2.45) is 5.92 Å². The first kappa shape index (κ1) is 15.0. The first-order valence-electron chi connectivity index (χ1n) is 7.31. The van der Waals surface area contributed by atoms with Crippen LogP contribution in [0.5, 0.6) is 0 Å². The molecule has 5 nitrogen and oxygen atoms in total.